The maximum absolute atomic E-state index is 12.9. The average molecular weight is 310 g/mol. The Morgan fingerprint density at radius 2 is 1.86 bits per heavy atom. The molecule has 0 aliphatic carbocycles. The van der Waals surface area contributed by atoms with Gasteiger partial charge in [-0.25, -0.2) is 8.42 Å². The van der Waals surface area contributed by atoms with Crippen LogP contribution in [0.4, 0.5) is 5.69 Å². The van der Waals surface area contributed by atoms with Crippen LogP contribution in [0.2, 0.25) is 0 Å². The summed E-state index contributed by atoms with van der Waals surface area (Å²) in [7, 11) is -3.37. The van der Waals surface area contributed by atoms with Crippen LogP contribution < -0.4 is 5.32 Å². The molecule has 0 amide bonds. The van der Waals surface area contributed by atoms with E-state index in [4.69, 9.17) is 0 Å². The molecule has 1 unspecified atom stereocenters. The van der Waals surface area contributed by atoms with Gasteiger partial charge >= 0.3 is 0 Å². The van der Waals surface area contributed by atoms with Crippen LogP contribution in [0.5, 0.6) is 0 Å². The molecule has 5 heteroatoms. The predicted molar refractivity (Wildman–Crippen MR) is 87.2 cm³/mol. The Kier molecular flexibility index (Phi) is 4.94. The standard InChI is InChI=1S/C16H26N2O2S/c1-5-14-7-8-18(11-14)21(19,20)16-12(3)9-15(17-6-2)10-13(16)4/h9-10,14,17H,5-8,11H2,1-4H3. The summed E-state index contributed by atoms with van der Waals surface area (Å²) in [5.41, 5.74) is 2.64. The van der Waals surface area contributed by atoms with Gasteiger partial charge in [-0.3, -0.25) is 0 Å². The van der Waals surface area contributed by atoms with Crippen molar-refractivity contribution in [3.8, 4) is 0 Å². The van der Waals surface area contributed by atoms with Gasteiger partial charge in [-0.1, -0.05) is 13.3 Å². The van der Waals surface area contributed by atoms with Crippen molar-refractivity contribution in [2.75, 3.05) is 25.0 Å². The van der Waals surface area contributed by atoms with E-state index < -0.39 is 10.0 Å². The molecule has 21 heavy (non-hydrogen) atoms. The van der Waals surface area contributed by atoms with Crippen molar-refractivity contribution < 1.29 is 8.42 Å². The SMILES string of the molecule is CCNc1cc(C)c(S(=O)(=O)N2CCC(CC)C2)c(C)c1. The number of hydrogen-bond acceptors (Lipinski definition) is 3. The Hall–Kier alpha value is -1.07. The highest BCUT2D eigenvalue weighted by Crippen LogP contribution is 2.31. The minimum Gasteiger partial charge on any atom is -0.385 e. The molecule has 1 heterocycles. The number of nitrogens with one attached hydrogen (secondary N) is 1. The van der Waals surface area contributed by atoms with Gasteiger partial charge in [0.2, 0.25) is 10.0 Å². The maximum Gasteiger partial charge on any atom is 0.243 e. The lowest BCUT2D eigenvalue weighted by Crippen LogP contribution is -2.30. The highest BCUT2D eigenvalue weighted by Gasteiger charge is 2.33. The summed E-state index contributed by atoms with van der Waals surface area (Å²) < 4.78 is 27.5. The Morgan fingerprint density at radius 1 is 1.24 bits per heavy atom. The van der Waals surface area contributed by atoms with Crippen LogP contribution in [-0.2, 0) is 10.0 Å². The smallest absolute Gasteiger partial charge is 0.243 e. The lowest BCUT2D eigenvalue weighted by atomic mass is 10.1. The first-order valence-electron chi connectivity index (χ1n) is 7.75. The number of hydrogen-bond donors (Lipinski definition) is 1. The number of anilines is 1. The van der Waals surface area contributed by atoms with Gasteiger partial charge in [0, 0.05) is 25.3 Å². The topological polar surface area (TPSA) is 49.4 Å². The van der Waals surface area contributed by atoms with E-state index in [1.165, 1.54) is 0 Å². The van der Waals surface area contributed by atoms with Crippen molar-refractivity contribution in [1.82, 2.24) is 4.31 Å². The molecule has 0 saturated carbocycles. The summed E-state index contributed by atoms with van der Waals surface area (Å²) in [4.78, 5) is 0.487. The van der Waals surface area contributed by atoms with Crippen LogP contribution in [0.1, 0.15) is 37.8 Å². The molecule has 0 radical (unpaired) electrons. The zero-order valence-corrected chi connectivity index (χ0v) is 14.3. The molecule has 1 atom stereocenters. The Morgan fingerprint density at radius 3 is 2.33 bits per heavy atom. The molecule has 4 nitrogen and oxygen atoms in total. The van der Waals surface area contributed by atoms with E-state index in [2.05, 4.69) is 12.2 Å². The van der Waals surface area contributed by atoms with E-state index in [-0.39, 0.29) is 0 Å². The summed E-state index contributed by atoms with van der Waals surface area (Å²) in [6, 6.07) is 3.85. The van der Waals surface area contributed by atoms with Crippen LogP contribution in [-0.4, -0.2) is 32.4 Å². The monoisotopic (exact) mass is 310 g/mol. The Bertz CT molecular complexity index is 588. The molecule has 2 rings (SSSR count). The summed E-state index contributed by atoms with van der Waals surface area (Å²) in [5, 5.41) is 3.25. The molecule has 0 spiro atoms. The lowest BCUT2D eigenvalue weighted by molar-refractivity contribution is 0.452. The average Bonchev–Trinajstić information content (AvgIpc) is 2.87. The van der Waals surface area contributed by atoms with E-state index >= 15 is 0 Å². The quantitative estimate of drug-likeness (QED) is 0.909. The minimum absolute atomic E-state index is 0.487. The molecule has 1 fully saturated rings. The molecule has 1 aromatic rings. The summed E-state index contributed by atoms with van der Waals surface area (Å²) in [6.45, 7) is 10.1. The van der Waals surface area contributed by atoms with Crippen LogP contribution in [0.3, 0.4) is 0 Å². The molecule has 0 bridgehead atoms. The first-order valence-corrected chi connectivity index (χ1v) is 9.19. The number of sulfonamides is 1. The minimum atomic E-state index is -3.37. The van der Waals surface area contributed by atoms with Crippen molar-refractivity contribution >= 4 is 15.7 Å². The second kappa shape index (κ2) is 6.36. The van der Waals surface area contributed by atoms with E-state index in [0.29, 0.717) is 23.9 Å². The molecule has 1 aliphatic heterocycles. The number of nitrogens with zero attached hydrogens (tertiary/aromatic N) is 1. The van der Waals surface area contributed by atoms with Gasteiger partial charge in [0.05, 0.1) is 4.90 Å². The van der Waals surface area contributed by atoms with Gasteiger partial charge in [-0.05, 0) is 56.4 Å². The number of rotatable bonds is 5. The van der Waals surface area contributed by atoms with E-state index in [0.717, 1.165) is 36.2 Å². The molecule has 1 saturated heterocycles. The number of benzene rings is 1. The van der Waals surface area contributed by atoms with Crippen LogP contribution in [0, 0.1) is 19.8 Å². The normalized spacial score (nSPS) is 19.9. The van der Waals surface area contributed by atoms with Crippen LogP contribution in [0.15, 0.2) is 17.0 Å². The maximum atomic E-state index is 12.9. The van der Waals surface area contributed by atoms with Crippen molar-refractivity contribution in [2.24, 2.45) is 5.92 Å². The van der Waals surface area contributed by atoms with Crippen molar-refractivity contribution in [1.29, 1.82) is 0 Å². The molecular weight excluding hydrogens is 284 g/mol. The molecular formula is C16H26N2O2S. The van der Waals surface area contributed by atoms with E-state index in [1.807, 2.05) is 32.9 Å². The van der Waals surface area contributed by atoms with Crippen molar-refractivity contribution in [3.05, 3.63) is 23.3 Å². The molecule has 1 aliphatic rings. The molecule has 1 N–H and O–H groups in total. The summed E-state index contributed by atoms with van der Waals surface area (Å²) in [6.07, 6.45) is 2.02. The third-order valence-corrected chi connectivity index (χ3v) is 6.44. The van der Waals surface area contributed by atoms with E-state index in [9.17, 15) is 8.42 Å². The van der Waals surface area contributed by atoms with Gasteiger partial charge in [0.1, 0.15) is 0 Å². The highest BCUT2D eigenvalue weighted by atomic mass is 32.2. The van der Waals surface area contributed by atoms with Gasteiger partial charge in [0.25, 0.3) is 0 Å². The van der Waals surface area contributed by atoms with E-state index in [1.54, 1.807) is 4.31 Å². The fraction of sp³-hybridized carbons (Fsp3) is 0.625. The molecule has 118 valence electrons. The number of aryl methyl sites for hydroxylation is 2. The highest BCUT2D eigenvalue weighted by molar-refractivity contribution is 7.89. The van der Waals surface area contributed by atoms with Gasteiger partial charge in [0.15, 0.2) is 0 Å². The van der Waals surface area contributed by atoms with Gasteiger partial charge in [-0.2, -0.15) is 4.31 Å². The van der Waals surface area contributed by atoms with Gasteiger partial charge < -0.3 is 5.32 Å². The predicted octanol–water partition coefficient (Wildman–Crippen LogP) is 3.16. The third kappa shape index (κ3) is 3.24. The second-order valence-corrected chi connectivity index (χ2v) is 7.77. The van der Waals surface area contributed by atoms with Crippen molar-refractivity contribution in [3.63, 3.8) is 0 Å². The Labute approximate surface area is 128 Å². The first-order chi connectivity index (χ1) is 9.90. The zero-order valence-electron chi connectivity index (χ0n) is 13.4. The fourth-order valence-corrected chi connectivity index (χ4v) is 5.08. The third-order valence-electron chi connectivity index (χ3n) is 4.27. The summed E-state index contributed by atoms with van der Waals surface area (Å²) in [5.74, 6) is 0.501. The molecule has 0 aromatic heterocycles. The zero-order chi connectivity index (χ0) is 15.6. The van der Waals surface area contributed by atoms with Crippen LogP contribution >= 0.6 is 0 Å². The Balaban J connectivity index is 2.37. The van der Waals surface area contributed by atoms with Gasteiger partial charge in [-0.15, -0.1) is 0 Å². The lowest BCUT2D eigenvalue weighted by Gasteiger charge is -2.20. The first kappa shape index (κ1) is 16.3. The summed E-state index contributed by atoms with van der Waals surface area (Å²) >= 11 is 0. The van der Waals surface area contributed by atoms with Crippen LogP contribution in [0.25, 0.3) is 0 Å². The molecule has 1 aromatic carbocycles. The largest absolute Gasteiger partial charge is 0.385 e. The fourth-order valence-electron chi connectivity index (χ4n) is 3.14. The second-order valence-electron chi connectivity index (χ2n) is 5.90. The van der Waals surface area contributed by atoms with Crippen molar-refractivity contribution in [2.45, 2.75) is 45.4 Å².